The summed E-state index contributed by atoms with van der Waals surface area (Å²) in [7, 11) is 1.59. The number of aliphatic carboxylic acids is 1. The number of hydrogen-bond acceptors (Lipinski definition) is 4. The van der Waals surface area contributed by atoms with Crippen LogP contribution in [-0.4, -0.2) is 19.0 Å². The molecule has 23 heavy (non-hydrogen) atoms. The first-order chi connectivity index (χ1) is 11.1. The molecule has 0 aliphatic rings. The summed E-state index contributed by atoms with van der Waals surface area (Å²) in [6.07, 6.45) is -0.405. The number of hydrogen-bond donors (Lipinski definition) is 1. The molecule has 2 aromatic rings. The molecule has 0 spiro atoms. The summed E-state index contributed by atoms with van der Waals surface area (Å²) < 4.78 is 5.14. The molecular weight excluding hydrogens is 294 g/mol. The quantitative estimate of drug-likeness (QED) is 0.839. The van der Waals surface area contributed by atoms with E-state index in [0.29, 0.717) is 0 Å². The van der Waals surface area contributed by atoms with Crippen molar-refractivity contribution in [1.82, 2.24) is 5.32 Å². The van der Waals surface area contributed by atoms with Crippen LogP contribution in [0.4, 0.5) is 0 Å². The molecule has 1 amide bonds. The second-order valence-electron chi connectivity index (χ2n) is 5.06. The fourth-order valence-electron chi connectivity index (χ4n) is 2.25. The van der Waals surface area contributed by atoms with Gasteiger partial charge < -0.3 is 20.0 Å². The Morgan fingerprint density at radius 3 is 2.17 bits per heavy atom. The lowest BCUT2D eigenvalue weighted by molar-refractivity contribution is -0.305. The zero-order valence-electron chi connectivity index (χ0n) is 12.8. The average molecular weight is 312 g/mol. The molecule has 5 heteroatoms. The predicted molar refractivity (Wildman–Crippen MR) is 83.7 cm³/mol. The summed E-state index contributed by atoms with van der Waals surface area (Å²) >= 11 is 0. The minimum Gasteiger partial charge on any atom is -0.550 e. The van der Waals surface area contributed by atoms with E-state index in [0.717, 1.165) is 16.9 Å². The first-order valence-corrected chi connectivity index (χ1v) is 7.28. The third kappa shape index (κ3) is 4.85. The minimum atomic E-state index is -1.24. The van der Waals surface area contributed by atoms with Crippen molar-refractivity contribution >= 4 is 11.9 Å². The van der Waals surface area contributed by atoms with Crippen molar-refractivity contribution in [3.8, 4) is 5.75 Å². The van der Waals surface area contributed by atoms with Crippen LogP contribution >= 0.6 is 0 Å². The molecule has 0 heterocycles. The second kappa shape index (κ2) is 7.98. The van der Waals surface area contributed by atoms with Gasteiger partial charge in [0.05, 0.1) is 13.2 Å². The van der Waals surface area contributed by atoms with E-state index in [4.69, 9.17) is 4.74 Å². The van der Waals surface area contributed by atoms with E-state index in [1.54, 1.807) is 7.11 Å². The van der Waals surface area contributed by atoms with Gasteiger partial charge in [-0.1, -0.05) is 42.5 Å². The molecule has 2 rings (SSSR count). The highest BCUT2D eigenvalue weighted by Crippen LogP contribution is 2.24. The van der Waals surface area contributed by atoms with E-state index in [-0.39, 0.29) is 24.8 Å². The van der Waals surface area contributed by atoms with Gasteiger partial charge in [-0.15, -0.1) is 0 Å². The van der Waals surface area contributed by atoms with Gasteiger partial charge in [0, 0.05) is 12.4 Å². The third-order valence-electron chi connectivity index (χ3n) is 3.44. The van der Waals surface area contributed by atoms with Crippen LogP contribution in [0.15, 0.2) is 54.6 Å². The molecule has 0 saturated carbocycles. The van der Waals surface area contributed by atoms with Gasteiger partial charge in [0.25, 0.3) is 0 Å². The van der Waals surface area contributed by atoms with Crippen molar-refractivity contribution in [1.29, 1.82) is 0 Å². The topological polar surface area (TPSA) is 78.5 Å². The average Bonchev–Trinajstić information content (AvgIpc) is 2.59. The number of nitrogens with one attached hydrogen (secondary N) is 1. The molecule has 120 valence electrons. The van der Waals surface area contributed by atoms with Crippen molar-refractivity contribution in [2.75, 3.05) is 7.11 Å². The lowest BCUT2D eigenvalue weighted by atomic mass is 9.98. The summed E-state index contributed by atoms with van der Waals surface area (Å²) in [5.74, 6) is -0.844. The summed E-state index contributed by atoms with van der Waals surface area (Å²) in [4.78, 5) is 22.5. The fourth-order valence-corrected chi connectivity index (χ4v) is 2.25. The number of methoxy groups -OCH3 is 1. The highest BCUT2D eigenvalue weighted by atomic mass is 16.5. The van der Waals surface area contributed by atoms with Crippen LogP contribution in [0.1, 0.15) is 30.0 Å². The van der Waals surface area contributed by atoms with Gasteiger partial charge in [-0.3, -0.25) is 4.79 Å². The monoisotopic (exact) mass is 312 g/mol. The summed E-state index contributed by atoms with van der Waals surface area (Å²) in [5.41, 5.74) is 1.80. The van der Waals surface area contributed by atoms with Crippen LogP contribution in [0.2, 0.25) is 0 Å². The molecular formula is C18H18NO4-. The number of amides is 1. The Kier molecular flexibility index (Phi) is 5.74. The molecule has 0 saturated heterocycles. The molecule has 0 aliphatic heterocycles. The number of ether oxygens (including phenoxy) is 1. The van der Waals surface area contributed by atoms with E-state index in [1.165, 1.54) is 0 Å². The lowest BCUT2D eigenvalue weighted by Gasteiger charge is -2.20. The van der Waals surface area contributed by atoms with E-state index in [1.807, 2.05) is 54.6 Å². The van der Waals surface area contributed by atoms with Gasteiger partial charge in [-0.05, 0) is 29.7 Å². The minimum absolute atomic E-state index is 0.109. The fraction of sp³-hybridized carbons (Fsp3) is 0.222. The van der Waals surface area contributed by atoms with Crippen LogP contribution in [0.3, 0.4) is 0 Å². The van der Waals surface area contributed by atoms with Crippen molar-refractivity contribution in [2.24, 2.45) is 0 Å². The molecule has 0 unspecified atom stereocenters. The van der Waals surface area contributed by atoms with E-state index in [9.17, 15) is 14.7 Å². The van der Waals surface area contributed by atoms with Gasteiger partial charge in [-0.25, -0.2) is 0 Å². The van der Waals surface area contributed by atoms with E-state index in [2.05, 4.69) is 5.32 Å². The Morgan fingerprint density at radius 1 is 1.00 bits per heavy atom. The van der Waals surface area contributed by atoms with Crippen LogP contribution in [0.5, 0.6) is 5.75 Å². The van der Waals surface area contributed by atoms with Crippen LogP contribution in [0.25, 0.3) is 0 Å². The molecule has 5 nitrogen and oxygen atoms in total. The molecule has 0 bridgehead atoms. The Hall–Kier alpha value is -2.82. The van der Waals surface area contributed by atoms with Crippen LogP contribution in [0, 0.1) is 0 Å². The highest BCUT2D eigenvalue weighted by Gasteiger charge is 2.16. The Balaban J connectivity index is 2.21. The lowest BCUT2D eigenvalue weighted by Crippen LogP contribution is -2.31. The maximum Gasteiger partial charge on any atom is 0.221 e. The number of carbonyl (C=O) groups excluding carboxylic acids is 2. The Bertz CT molecular complexity index is 652. The summed E-state index contributed by atoms with van der Waals surface area (Å²) in [6, 6.07) is 16.5. The number of benzene rings is 2. The third-order valence-corrected chi connectivity index (χ3v) is 3.44. The second-order valence-corrected chi connectivity index (χ2v) is 5.06. The number of carbonyl (C=O) groups is 2. The smallest absolute Gasteiger partial charge is 0.221 e. The number of carboxylic acid groups (broad SMARTS) is 1. The van der Waals surface area contributed by atoms with E-state index >= 15 is 0 Å². The van der Waals surface area contributed by atoms with Crippen molar-refractivity contribution < 1.29 is 19.4 Å². The standard InChI is InChI=1S/C18H19NO4/c1-23-15-9-7-14(8-10-15)18(13-5-3-2-4-6-13)19-16(20)11-12-17(21)22/h2-10,18H,11-12H2,1H3,(H,19,20)(H,21,22)/p-1/t18-/m1/s1. The first-order valence-electron chi connectivity index (χ1n) is 7.28. The molecule has 1 atom stereocenters. The largest absolute Gasteiger partial charge is 0.550 e. The Labute approximate surface area is 134 Å². The number of rotatable bonds is 7. The maximum atomic E-state index is 12.0. The van der Waals surface area contributed by atoms with Crippen molar-refractivity contribution in [3.63, 3.8) is 0 Å². The van der Waals surface area contributed by atoms with Gasteiger partial charge in [0.15, 0.2) is 0 Å². The van der Waals surface area contributed by atoms with Gasteiger partial charge in [-0.2, -0.15) is 0 Å². The SMILES string of the molecule is COc1ccc([C@H](NC(=O)CCC(=O)[O-])c2ccccc2)cc1. The van der Waals surface area contributed by atoms with Gasteiger partial charge >= 0.3 is 0 Å². The van der Waals surface area contributed by atoms with Crippen molar-refractivity contribution in [3.05, 3.63) is 65.7 Å². The zero-order chi connectivity index (χ0) is 16.7. The maximum absolute atomic E-state index is 12.0. The predicted octanol–water partition coefficient (Wildman–Crippen LogP) is 1.43. The molecule has 0 fully saturated rings. The van der Waals surface area contributed by atoms with Crippen LogP contribution < -0.4 is 15.2 Å². The highest BCUT2D eigenvalue weighted by molar-refractivity contribution is 5.80. The molecule has 0 aliphatic carbocycles. The Morgan fingerprint density at radius 2 is 1.61 bits per heavy atom. The van der Waals surface area contributed by atoms with Gasteiger partial charge in [0.2, 0.25) is 5.91 Å². The summed E-state index contributed by atoms with van der Waals surface area (Å²) in [5, 5.41) is 13.4. The molecule has 2 aromatic carbocycles. The molecule has 0 radical (unpaired) electrons. The normalized spacial score (nSPS) is 11.5. The molecule has 0 aromatic heterocycles. The first kappa shape index (κ1) is 16.5. The summed E-state index contributed by atoms with van der Waals surface area (Å²) in [6.45, 7) is 0. The van der Waals surface area contributed by atoms with Crippen LogP contribution in [-0.2, 0) is 9.59 Å². The number of carboxylic acids is 1. The van der Waals surface area contributed by atoms with Gasteiger partial charge in [0.1, 0.15) is 5.75 Å². The molecule has 1 N–H and O–H groups in total. The van der Waals surface area contributed by atoms with Crippen molar-refractivity contribution in [2.45, 2.75) is 18.9 Å². The van der Waals surface area contributed by atoms with E-state index < -0.39 is 5.97 Å². The zero-order valence-corrected chi connectivity index (χ0v) is 12.8.